The van der Waals surface area contributed by atoms with Gasteiger partial charge in [-0.3, -0.25) is 9.59 Å². The van der Waals surface area contributed by atoms with Crippen LogP contribution in [-0.4, -0.2) is 64.5 Å². The summed E-state index contributed by atoms with van der Waals surface area (Å²) in [6.45, 7) is 1.74. The first-order valence-corrected chi connectivity index (χ1v) is 13.2. The van der Waals surface area contributed by atoms with Crippen molar-refractivity contribution in [1.82, 2.24) is 15.2 Å². The van der Waals surface area contributed by atoms with E-state index < -0.39 is 15.4 Å². The molecule has 1 saturated heterocycles. The number of rotatable bonds is 9. The quantitative estimate of drug-likeness (QED) is 0.184. The Bertz CT molecular complexity index is 1060. The summed E-state index contributed by atoms with van der Waals surface area (Å²) in [4.78, 5) is 32.7. The Balaban J connectivity index is 1.48. The summed E-state index contributed by atoms with van der Waals surface area (Å²) in [5.74, 6) is -0.167. The molecular formula is C25H30ClF2IN4O3. The summed E-state index contributed by atoms with van der Waals surface area (Å²) < 4.78 is 24.8. The second-order valence-corrected chi connectivity index (χ2v) is 10.8. The minimum absolute atomic E-state index is 0.151. The van der Waals surface area contributed by atoms with Gasteiger partial charge in [-0.1, -0.05) is 41.9 Å². The first-order chi connectivity index (χ1) is 16.9. The van der Waals surface area contributed by atoms with Gasteiger partial charge in [-0.05, 0) is 43.7 Å². The number of benzene rings is 1. The first kappa shape index (κ1) is 28.5. The van der Waals surface area contributed by atoms with E-state index in [0.717, 1.165) is 60.8 Å². The number of carbonyl (C=O) groups excluding carboxylic acids is 2. The summed E-state index contributed by atoms with van der Waals surface area (Å²) in [5, 5.41) is 13.3. The van der Waals surface area contributed by atoms with Gasteiger partial charge in [0.05, 0.1) is 5.56 Å². The molecule has 1 aliphatic heterocycles. The number of aliphatic hydroxyl groups is 1. The fourth-order valence-corrected chi connectivity index (χ4v) is 5.06. The van der Waals surface area contributed by atoms with Crippen LogP contribution in [0.25, 0.3) is 0 Å². The molecule has 2 heterocycles. The lowest BCUT2D eigenvalue weighted by Crippen LogP contribution is -2.53. The Morgan fingerprint density at radius 1 is 1.19 bits per heavy atom. The average Bonchev–Trinajstić information content (AvgIpc) is 2.85. The highest BCUT2D eigenvalue weighted by molar-refractivity contribution is 14.1. The molecule has 2 amide bonds. The number of nitrogens with zero attached hydrogens (tertiary/aromatic N) is 3. The Hall–Kier alpha value is -2.05. The van der Waals surface area contributed by atoms with E-state index >= 15 is 0 Å². The van der Waals surface area contributed by atoms with Gasteiger partial charge in [-0.25, -0.2) is 4.98 Å². The molecule has 0 unspecified atom stereocenters. The number of pyridine rings is 1. The van der Waals surface area contributed by atoms with Crippen molar-refractivity contribution < 1.29 is 23.5 Å². The molecule has 0 spiro atoms. The topological polar surface area (TPSA) is 85.8 Å². The second kappa shape index (κ2) is 12.0. The van der Waals surface area contributed by atoms with E-state index in [2.05, 4.69) is 15.2 Å². The van der Waals surface area contributed by atoms with Gasteiger partial charge >= 0.3 is 3.93 Å². The highest BCUT2D eigenvalue weighted by Crippen LogP contribution is 2.43. The van der Waals surface area contributed by atoms with Crippen LogP contribution < -0.4 is 10.2 Å². The lowest BCUT2D eigenvalue weighted by Gasteiger charge is -2.33. The highest BCUT2D eigenvalue weighted by Gasteiger charge is 2.57. The Morgan fingerprint density at radius 3 is 2.39 bits per heavy atom. The Labute approximate surface area is 228 Å². The fraction of sp³-hybridized carbons (Fsp3) is 0.480. The molecule has 0 aliphatic carbocycles. The van der Waals surface area contributed by atoms with Gasteiger partial charge in [0.2, 0.25) is 5.60 Å². The fourth-order valence-electron chi connectivity index (χ4n) is 4.28. The summed E-state index contributed by atoms with van der Waals surface area (Å²) in [5.41, 5.74) is -2.73. The Kier molecular flexibility index (Phi) is 9.50. The Morgan fingerprint density at radius 2 is 1.83 bits per heavy atom. The number of piperidine rings is 1. The van der Waals surface area contributed by atoms with Crippen LogP contribution in [0.2, 0.25) is 5.15 Å². The van der Waals surface area contributed by atoms with Crippen molar-refractivity contribution in [3.05, 3.63) is 58.7 Å². The molecule has 1 aromatic carbocycles. The predicted octanol–water partition coefficient (Wildman–Crippen LogP) is 4.47. The SMILES string of the molecule is CN(C)C(=O)c1ccc(N2CCC(CCCNC(=O)[C@@](O)(c3ccccc3)C(F)(F)I)CC2)nc1Cl. The molecular weight excluding hydrogens is 605 g/mol. The number of alkyl halides is 3. The van der Waals surface area contributed by atoms with E-state index in [0.29, 0.717) is 17.9 Å². The van der Waals surface area contributed by atoms with Gasteiger partial charge < -0.3 is 20.2 Å². The van der Waals surface area contributed by atoms with Crippen molar-refractivity contribution in [3.63, 3.8) is 0 Å². The minimum Gasteiger partial charge on any atom is -0.370 e. The third-order valence-electron chi connectivity index (χ3n) is 6.41. The van der Waals surface area contributed by atoms with Crippen LogP contribution in [0, 0.1) is 5.92 Å². The van der Waals surface area contributed by atoms with Crippen LogP contribution >= 0.6 is 34.2 Å². The molecule has 1 fully saturated rings. The zero-order chi connectivity index (χ0) is 26.5. The van der Waals surface area contributed by atoms with Crippen molar-refractivity contribution in [2.45, 2.75) is 35.2 Å². The standard InChI is InChI=1S/C25H30ClF2IN4O3/c1-32(2)22(34)19-10-11-20(31-21(19)26)33-15-12-17(13-16-33)7-6-14-30-23(35)24(36,25(27,28)29)18-8-4-3-5-9-18/h3-5,8-11,17,36H,6-7,12-16H2,1-2H3,(H,30,35)/t24-/m0/s1. The van der Waals surface area contributed by atoms with Crippen molar-refractivity contribution in [1.29, 1.82) is 0 Å². The molecule has 1 aliphatic rings. The predicted molar refractivity (Wildman–Crippen MR) is 144 cm³/mol. The number of amides is 2. The maximum absolute atomic E-state index is 14.2. The van der Waals surface area contributed by atoms with Crippen molar-refractivity contribution in [2.75, 3.05) is 38.6 Å². The van der Waals surface area contributed by atoms with E-state index in [9.17, 15) is 23.5 Å². The number of hydrogen-bond acceptors (Lipinski definition) is 5. The minimum atomic E-state index is -3.68. The van der Waals surface area contributed by atoms with Crippen LogP contribution in [0.3, 0.4) is 0 Å². The van der Waals surface area contributed by atoms with Gasteiger partial charge in [0, 0.05) is 61.9 Å². The van der Waals surface area contributed by atoms with Gasteiger partial charge in [-0.15, -0.1) is 0 Å². The number of carbonyl (C=O) groups is 2. The maximum Gasteiger partial charge on any atom is 0.337 e. The van der Waals surface area contributed by atoms with Crippen LogP contribution in [0.4, 0.5) is 14.6 Å². The molecule has 2 aromatic rings. The normalized spacial score (nSPS) is 16.4. The van der Waals surface area contributed by atoms with E-state index in [1.807, 2.05) is 0 Å². The lowest BCUT2D eigenvalue weighted by atomic mass is 9.91. The molecule has 36 heavy (non-hydrogen) atoms. The third-order valence-corrected chi connectivity index (χ3v) is 7.48. The zero-order valence-corrected chi connectivity index (χ0v) is 23.1. The van der Waals surface area contributed by atoms with E-state index in [1.165, 1.54) is 29.2 Å². The largest absolute Gasteiger partial charge is 0.370 e. The highest BCUT2D eigenvalue weighted by atomic mass is 127. The summed E-state index contributed by atoms with van der Waals surface area (Å²) in [7, 11) is 3.32. The van der Waals surface area contributed by atoms with Gasteiger partial charge in [-0.2, -0.15) is 8.78 Å². The molecule has 11 heteroatoms. The molecule has 3 rings (SSSR count). The number of hydrogen-bond donors (Lipinski definition) is 2. The monoisotopic (exact) mass is 634 g/mol. The van der Waals surface area contributed by atoms with Crippen LogP contribution in [0.15, 0.2) is 42.5 Å². The molecule has 2 N–H and O–H groups in total. The van der Waals surface area contributed by atoms with Crippen molar-refractivity contribution in [3.8, 4) is 0 Å². The number of aromatic nitrogens is 1. The molecule has 1 atom stereocenters. The summed E-state index contributed by atoms with van der Waals surface area (Å²) in [6.07, 6.45) is 3.25. The number of halogens is 4. The van der Waals surface area contributed by atoms with Crippen molar-refractivity contribution in [2.24, 2.45) is 5.92 Å². The third kappa shape index (κ3) is 6.44. The van der Waals surface area contributed by atoms with Gasteiger partial charge in [0.25, 0.3) is 11.8 Å². The van der Waals surface area contributed by atoms with Gasteiger partial charge in [0.15, 0.2) is 0 Å². The maximum atomic E-state index is 14.2. The van der Waals surface area contributed by atoms with Crippen molar-refractivity contribution >= 4 is 51.8 Å². The van der Waals surface area contributed by atoms with Gasteiger partial charge in [0.1, 0.15) is 11.0 Å². The van der Waals surface area contributed by atoms with E-state index in [-0.39, 0.29) is 23.2 Å². The molecule has 7 nitrogen and oxygen atoms in total. The smallest absolute Gasteiger partial charge is 0.337 e. The second-order valence-electron chi connectivity index (χ2n) is 9.11. The summed E-state index contributed by atoms with van der Waals surface area (Å²) >= 11 is 7.05. The molecule has 196 valence electrons. The van der Waals surface area contributed by atoms with Crippen LogP contribution in [-0.2, 0) is 10.4 Å². The molecule has 0 saturated carbocycles. The number of nitrogens with one attached hydrogen (secondary N) is 1. The molecule has 0 bridgehead atoms. The average molecular weight is 635 g/mol. The van der Waals surface area contributed by atoms with Crippen LogP contribution in [0.5, 0.6) is 0 Å². The van der Waals surface area contributed by atoms with E-state index in [1.54, 1.807) is 32.3 Å². The first-order valence-electron chi connectivity index (χ1n) is 11.7. The zero-order valence-electron chi connectivity index (χ0n) is 20.2. The van der Waals surface area contributed by atoms with Crippen LogP contribution in [0.1, 0.15) is 41.6 Å². The summed E-state index contributed by atoms with van der Waals surface area (Å²) in [6, 6.07) is 10.8. The lowest BCUT2D eigenvalue weighted by molar-refractivity contribution is -0.163. The van der Waals surface area contributed by atoms with E-state index in [4.69, 9.17) is 11.6 Å². The molecule has 0 radical (unpaired) electrons. The number of anilines is 1. The molecule has 1 aromatic heterocycles.